The van der Waals surface area contributed by atoms with E-state index in [9.17, 15) is 23.1 Å². The number of aromatic nitrogens is 6. The van der Waals surface area contributed by atoms with E-state index in [0.29, 0.717) is 5.69 Å². The summed E-state index contributed by atoms with van der Waals surface area (Å²) >= 11 is 0. The zero-order valence-corrected chi connectivity index (χ0v) is 26.1. The van der Waals surface area contributed by atoms with Crippen LogP contribution in [0.1, 0.15) is 18.1 Å². The van der Waals surface area contributed by atoms with Crippen molar-refractivity contribution >= 4 is 52.1 Å². The Balaban J connectivity index is 1.18. The number of fused-ring (bicyclic) bond motifs is 4. The Hall–Kier alpha value is -3.02. The number of H-pyrrole nitrogens is 1. The molecule has 0 aliphatic carbocycles. The Morgan fingerprint density at radius 1 is 0.936 bits per heavy atom. The third-order valence-corrected chi connectivity index (χ3v) is 10.1. The molecule has 0 spiro atoms. The fourth-order valence-electron chi connectivity index (χ4n) is 5.86. The zero-order valence-electron chi connectivity index (χ0n) is 24.3. The first-order valence-corrected chi connectivity index (χ1v) is 17.2. The predicted molar refractivity (Wildman–Crippen MR) is 156 cm³/mol. The molecule has 47 heavy (non-hydrogen) atoms. The second kappa shape index (κ2) is 11.6. The van der Waals surface area contributed by atoms with Crippen molar-refractivity contribution in [3.8, 4) is 0 Å². The standard InChI is InChI=1S/C24H23B2F3N6O10P2/c1-9-3-11-17(21(36)32-9)30-8-35(11)24-16(29)19-13(43-24)6-41-46(25,38)44-18-12(5-40-47(26,39)45-19)42-23(15(18)28)34-4-10(27)14-20(34)31-7-33(2)22(14)37/h3-4,7-8,12-13,15-16,18-19,23-24H,5-6H2,1-2H3,(H,32,36)/t12-,13-,15?,16+,18+,19?,23-,24-,46?,47?/m1/s1. The van der Waals surface area contributed by atoms with Crippen molar-refractivity contribution in [1.29, 1.82) is 0 Å². The summed E-state index contributed by atoms with van der Waals surface area (Å²) < 4.78 is 109. The number of nitrogens with one attached hydrogen (secondary N) is 1. The minimum Gasteiger partial charge on any atom is -0.346 e. The van der Waals surface area contributed by atoms with E-state index in [4.69, 9.17) is 42.7 Å². The number of hydrogen-bond donors (Lipinski definition) is 1. The summed E-state index contributed by atoms with van der Waals surface area (Å²) in [6, 6.07) is 1.53. The lowest BCUT2D eigenvalue weighted by Gasteiger charge is -2.29. The Kier molecular flexibility index (Phi) is 7.99. The molecule has 23 heteroatoms. The maximum Gasteiger partial charge on any atom is 0.276 e. The van der Waals surface area contributed by atoms with Crippen molar-refractivity contribution in [1.82, 2.24) is 28.7 Å². The van der Waals surface area contributed by atoms with Crippen LogP contribution >= 0.6 is 14.9 Å². The minimum atomic E-state index is -4.71. The Labute approximate surface area is 264 Å². The molecule has 1 N–H and O–H groups in total. The second-order valence-corrected chi connectivity index (χ2v) is 14.3. The summed E-state index contributed by atoms with van der Waals surface area (Å²) in [4.78, 5) is 35.4. The van der Waals surface area contributed by atoms with Crippen molar-refractivity contribution in [3.05, 3.63) is 57.1 Å². The molecular formula is C24H23B2F3N6O10P2. The number of rotatable bonds is 2. The Morgan fingerprint density at radius 2 is 1.51 bits per heavy atom. The van der Waals surface area contributed by atoms with Crippen LogP contribution in [0.3, 0.4) is 0 Å². The van der Waals surface area contributed by atoms with Crippen LogP contribution in [-0.4, -0.2) is 93.8 Å². The highest BCUT2D eigenvalue weighted by molar-refractivity contribution is 7.79. The summed E-state index contributed by atoms with van der Waals surface area (Å²) in [7, 11) is 3.56. The number of halogens is 3. The summed E-state index contributed by atoms with van der Waals surface area (Å²) in [5.74, 6) is -1.02. The van der Waals surface area contributed by atoms with E-state index in [-0.39, 0.29) is 16.7 Å². The van der Waals surface area contributed by atoms with Gasteiger partial charge in [0.15, 0.2) is 41.8 Å². The molecule has 7 heterocycles. The van der Waals surface area contributed by atoms with Gasteiger partial charge in [-0.1, -0.05) is 0 Å². The fourth-order valence-corrected chi connectivity index (χ4v) is 7.87. The number of imidazole rings is 1. The number of aryl methyl sites for hydroxylation is 2. The molecule has 246 valence electrons. The van der Waals surface area contributed by atoms with E-state index in [1.54, 1.807) is 6.92 Å². The molecule has 0 bridgehead atoms. The largest absolute Gasteiger partial charge is 0.346 e. The minimum absolute atomic E-state index is 0.0123. The van der Waals surface area contributed by atoms with E-state index in [1.165, 1.54) is 17.7 Å². The number of hydrogen-bond acceptors (Lipinski definition) is 12. The van der Waals surface area contributed by atoms with E-state index in [2.05, 4.69) is 15.0 Å². The molecule has 3 aliphatic heterocycles. The Morgan fingerprint density at radius 3 is 2.11 bits per heavy atom. The van der Waals surface area contributed by atoms with E-state index in [0.717, 1.165) is 28.0 Å². The van der Waals surface area contributed by atoms with Crippen LogP contribution in [-0.2, 0) is 43.7 Å². The molecule has 7 rings (SSSR count). The molecule has 3 aliphatic rings. The number of pyridine rings is 1. The lowest BCUT2D eigenvalue weighted by Crippen LogP contribution is -2.37. The first kappa shape index (κ1) is 32.5. The molecule has 0 aromatic carbocycles. The van der Waals surface area contributed by atoms with Gasteiger partial charge in [0.2, 0.25) is 15.1 Å². The summed E-state index contributed by atoms with van der Waals surface area (Å²) in [5.41, 5.74) is -0.913. The SMILES string of the molecule is [B]P1(=O)OC[C@H]2O[C@@H](n3cc(F)c4c(=O)n(C)cnc43)C(F)[C@H]2OP([B])(=O)OC[C@H]2O[C@@H](n3cnc4c(=O)[nH]c(C)cc43)[C@@H](F)C2O1. The van der Waals surface area contributed by atoms with Gasteiger partial charge < -0.3 is 41.7 Å². The average Bonchev–Trinajstić information content (AvgIpc) is 3.72. The van der Waals surface area contributed by atoms with Gasteiger partial charge in [0.1, 0.15) is 29.8 Å². The van der Waals surface area contributed by atoms with Gasteiger partial charge in [-0.3, -0.25) is 23.3 Å². The molecule has 4 aromatic heterocycles. The van der Waals surface area contributed by atoms with E-state index < -0.39 is 99.7 Å². The highest BCUT2D eigenvalue weighted by Crippen LogP contribution is 2.54. The zero-order chi connectivity index (χ0) is 33.6. The predicted octanol–water partition coefficient (Wildman–Crippen LogP) is 1.76. The normalized spacial score (nSPS) is 36.6. The molecule has 0 amide bonds. The van der Waals surface area contributed by atoms with Crippen LogP contribution in [0.15, 0.2) is 34.5 Å². The van der Waals surface area contributed by atoms with Crippen molar-refractivity contribution in [3.63, 3.8) is 0 Å². The summed E-state index contributed by atoms with van der Waals surface area (Å²) in [6.45, 7) is -0.0209. The molecule has 4 unspecified atom stereocenters. The van der Waals surface area contributed by atoms with Crippen LogP contribution in [0.25, 0.3) is 22.1 Å². The fraction of sp³-hybridized carbons (Fsp3) is 0.500. The maximum absolute atomic E-state index is 16.0. The third kappa shape index (κ3) is 5.65. The van der Waals surface area contributed by atoms with Crippen molar-refractivity contribution in [2.45, 2.75) is 56.1 Å². The van der Waals surface area contributed by atoms with Gasteiger partial charge in [0.25, 0.3) is 26.1 Å². The van der Waals surface area contributed by atoms with Crippen LogP contribution < -0.4 is 11.1 Å². The molecule has 3 saturated heterocycles. The number of ether oxygens (including phenoxy) is 2. The summed E-state index contributed by atoms with van der Waals surface area (Å²) in [6.07, 6.45) is -11.3. The van der Waals surface area contributed by atoms with Crippen LogP contribution in [0.5, 0.6) is 0 Å². The third-order valence-electron chi connectivity index (χ3n) is 8.01. The maximum atomic E-state index is 16.0. The van der Waals surface area contributed by atoms with Gasteiger partial charge in [0, 0.05) is 18.9 Å². The van der Waals surface area contributed by atoms with Gasteiger partial charge in [-0.2, -0.15) is 0 Å². The average molecular weight is 696 g/mol. The van der Waals surface area contributed by atoms with Gasteiger partial charge in [-0.05, 0) is 13.0 Å². The van der Waals surface area contributed by atoms with Crippen molar-refractivity contribution in [2.24, 2.45) is 7.05 Å². The van der Waals surface area contributed by atoms with Crippen LogP contribution in [0.2, 0.25) is 0 Å². The molecule has 10 atom stereocenters. The van der Waals surface area contributed by atoms with Gasteiger partial charge in [-0.25, -0.2) is 23.1 Å². The Bertz CT molecular complexity index is 2110. The van der Waals surface area contributed by atoms with Crippen molar-refractivity contribution < 1.29 is 49.9 Å². The van der Waals surface area contributed by atoms with Crippen LogP contribution in [0, 0.1) is 12.7 Å². The number of nitrogens with zero attached hydrogens (tertiary/aromatic N) is 5. The summed E-state index contributed by atoms with van der Waals surface area (Å²) in [5, 5.41) is -0.446. The smallest absolute Gasteiger partial charge is 0.276 e. The monoisotopic (exact) mass is 696 g/mol. The molecule has 0 saturated carbocycles. The van der Waals surface area contributed by atoms with Crippen molar-refractivity contribution in [2.75, 3.05) is 13.2 Å². The lowest BCUT2D eigenvalue weighted by molar-refractivity contribution is -0.0547. The van der Waals surface area contributed by atoms with E-state index >= 15 is 8.78 Å². The molecule has 4 aromatic rings. The highest BCUT2D eigenvalue weighted by atomic mass is 31.2. The van der Waals surface area contributed by atoms with E-state index in [1.807, 2.05) is 0 Å². The molecule has 16 nitrogen and oxygen atoms in total. The second-order valence-electron chi connectivity index (χ2n) is 11.2. The van der Waals surface area contributed by atoms with Crippen LogP contribution in [0.4, 0.5) is 13.2 Å². The number of alkyl halides is 2. The quantitative estimate of drug-likeness (QED) is 0.238. The molecule has 4 radical (unpaired) electrons. The topological polar surface area (TPSA) is 180 Å². The molecule has 3 fully saturated rings. The highest BCUT2D eigenvalue weighted by Gasteiger charge is 2.53. The lowest BCUT2D eigenvalue weighted by atomic mass is 10.1. The van der Waals surface area contributed by atoms with Gasteiger partial charge in [-0.15, -0.1) is 0 Å². The number of aromatic amines is 1. The van der Waals surface area contributed by atoms with Gasteiger partial charge in [0.05, 0.1) is 31.4 Å². The first-order valence-electron chi connectivity index (χ1n) is 13.9. The van der Waals surface area contributed by atoms with Gasteiger partial charge >= 0.3 is 0 Å². The molecular weight excluding hydrogens is 673 g/mol. The first-order chi connectivity index (χ1) is 22.1.